The lowest BCUT2D eigenvalue weighted by Crippen LogP contribution is -2.18. The summed E-state index contributed by atoms with van der Waals surface area (Å²) in [5.74, 6) is 1.54. The quantitative estimate of drug-likeness (QED) is 0.437. The first kappa shape index (κ1) is 22.7. The van der Waals surface area contributed by atoms with E-state index in [1.807, 2.05) is 30.3 Å². The SMILES string of the molecule is CCOC(=O)c1ccc2c(c1)sc(=NC(=O)CSCc1ccccc1)n2CCSC. The number of benzene rings is 2. The van der Waals surface area contributed by atoms with Crippen molar-refractivity contribution < 1.29 is 14.3 Å². The lowest BCUT2D eigenvalue weighted by molar-refractivity contribution is -0.115. The van der Waals surface area contributed by atoms with Gasteiger partial charge in [-0.15, -0.1) is 11.8 Å². The molecule has 0 N–H and O–H groups in total. The molecule has 0 spiro atoms. The minimum absolute atomic E-state index is 0.147. The molecular weight excluding hydrogens is 436 g/mol. The number of aryl methyl sites for hydroxylation is 1. The molecule has 3 rings (SSSR count). The number of thioether (sulfide) groups is 2. The maximum absolute atomic E-state index is 12.5. The second kappa shape index (κ2) is 11.4. The summed E-state index contributed by atoms with van der Waals surface area (Å²) < 4.78 is 8.08. The van der Waals surface area contributed by atoms with Crippen molar-refractivity contribution in [1.82, 2.24) is 4.57 Å². The standard InChI is InChI=1S/C22H24N2O3S3/c1-3-27-21(26)17-9-10-18-19(13-17)30-22(24(18)11-12-28-2)23-20(25)15-29-14-16-7-5-4-6-8-16/h4-10,13H,3,11-12,14-15H2,1-2H3. The van der Waals surface area contributed by atoms with Gasteiger partial charge in [-0.25, -0.2) is 4.79 Å². The van der Waals surface area contributed by atoms with E-state index in [2.05, 4.69) is 27.9 Å². The van der Waals surface area contributed by atoms with Gasteiger partial charge in [-0.3, -0.25) is 4.79 Å². The zero-order chi connectivity index (χ0) is 21.3. The van der Waals surface area contributed by atoms with Crippen molar-refractivity contribution in [3.63, 3.8) is 0 Å². The Labute approximate surface area is 188 Å². The molecule has 0 aliphatic heterocycles. The van der Waals surface area contributed by atoms with Gasteiger partial charge in [0.2, 0.25) is 0 Å². The Morgan fingerprint density at radius 2 is 1.97 bits per heavy atom. The van der Waals surface area contributed by atoms with Crippen LogP contribution in [0.1, 0.15) is 22.8 Å². The van der Waals surface area contributed by atoms with Gasteiger partial charge in [0.15, 0.2) is 4.80 Å². The van der Waals surface area contributed by atoms with Crippen LogP contribution in [-0.2, 0) is 21.8 Å². The molecule has 1 heterocycles. The lowest BCUT2D eigenvalue weighted by Gasteiger charge is -2.05. The van der Waals surface area contributed by atoms with Gasteiger partial charge in [-0.2, -0.15) is 16.8 Å². The van der Waals surface area contributed by atoms with E-state index in [1.165, 1.54) is 16.9 Å². The number of hydrogen-bond donors (Lipinski definition) is 0. The van der Waals surface area contributed by atoms with Crippen molar-refractivity contribution >= 4 is 57.0 Å². The molecule has 8 heteroatoms. The smallest absolute Gasteiger partial charge is 0.338 e. The number of amides is 1. The summed E-state index contributed by atoms with van der Waals surface area (Å²) in [6, 6.07) is 15.6. The molecule has 1 amide bonds. The summed E-state index contributed by atoms with van der Waals surface area (Å²) >= 11 is 4.74. The molecule has 0 fully saturated rings. The number of fused-ring (bicyclic) bond motifs is 1. The summed E-state index contributed by atoms with van der Waals surface area (Å²) in [5, 5.41) is 0. The Hall–Kier alpha value is -2.03. The number of aromatic nitrogens is 1. The molecule has 5 nitrogen and oxygen atoms in total. The van der Waals surface area contributed by atoms with E-state index in [4.69, 9.17) is 4.74 Å². The van der Waals surface area contributed by atoms with E-state index in [0.717, 1.165) is 28.3 Å². The zero-order valence-corrected chi connectivity index (χ0v) is 19.4. The highest BCUT2D eigenvalue weighted by atomic mass is 32.2. The largest absolute Gasteiger partial charge is 0.462 e. The molecule has 0 aliphatic carbocycles. The van der Waals surface area contributed by atoms with E-state index in [1.54, 1.807) is 36.5 Å². The van der Waals surface area contributed by atoms with Crippen LogP contribution in [0.25, 0.3) is 10.2 Å². The zero-order valence-electron chi connectivity index (χ0n) is 17.0. The molecule has 30 heavy (non-hydrogen) atoms. The first-order valence-electron chi connectivity index (χ1n) is 9.61. The fourth-order valence-electron chi connectivity index (χ4n) is 2.87. The van der Waals surface area contributed by atoms with E-state index in [9.17, 15) is 9.59 Å². The van der Waals surface area contributed by atoms with Gasteiger partial charge < -0.3 is 9.30 Å². The Morgan fingerprint density at radius 3 is 2.70 bits per heavy atom. The topological polar surface area (TPSA) is 60.7 Å². The van der Waals surface area contributed by atoms with Crippen LogP contribution >= 0.6 is 34.9 Å². The lowest BCUT2D eigenvalue weighted by atomic mass is 10.2. The van der Waals surface area contributed by atoms with Gasteiger partial charge in [-0.1, -0.05) is 41.7 Å². The summed E-state index contributed by atoms with van der Waals surface area (Å²) in [6.45, 7) is 2.88. The number of carbonyl (C=O) groups excluding carboxylic acids is 2. The Bertz CT molecular complexity index is 1070. The van der Waals surface area contributed by atoms with Crippen LogP contribution in [0, 0.1) is 0 Å². The molecule has 1 aromatic heterocycles. The first-order valence-corrected chi connectivity index (χ1v) is 13.0. The predicted octanol–water partition coefficient (Wildman–Crippen LogP) is 4.60. The minimum atomic E-state index is -0.338. The van der Waals surface area contributed by atoms with Crippen molar-refractivity contribution in [1.29, 1.82) is 0 Å². The van der Waals surface area contributed by atoms with Gasteiger partial charge in [0.1, 0.15) is 0 Å². The number of nitrogens with zero attached hydrogens (tertiary/aromatic N) is 2. The molecule has 3 aromatic rings. The van der Waals surface area contributed by atoms with Crippen molar-refractivity contribution in [3.8, 4) is 0 Å². The molecule has 0 atom stereocenters. The third-order valence-corrected chi connectivity index (χ3v) is 6.89. The number of rotatable bonds is 9. The van der Waals surface area contributed by atoms with E-state index >= 15 is 0 Å². The summed E-state index contributed by atoms with van der Waals surface area (Å²) in [4.78, 5) is 29.6. The number of hydrogen-bond acceptors (Lipinski definition) is 6. The number of ether oxygens (including phenoxy) is 1. The highest BCUT2D eigenvalue weighted by Crippen LogP contribution is 2.20. The molecule has 0 saturated carbocycles. The van der Waals surface area contributed by atoms with Crippen LogP contribution < -0.4 is 4.80 Å². The highest BCUT2D eigenvalue weighted by Gasteiger charge is 2.12. The fraction of sp³-hybridized carbons (Fsp3) is 0.318. The van der Waals surface area contributed by atoms with Crippen LogP contribution in [0.4, 0.5) is 0 Å². The monoisotopic (exact) mass is 460 g/mol. The normalized spacial score (nSPS) is 11.7. The van der Waals surface area contributed by atoms with Crippen LogP contribution in [0.5, 0.6) is 0 Å². The van der Waals surface area contributed by atoms with Crippen LogP contribution in [0.3, 0.4) is 0 Å². The Kier molecular flexibility index (Phi) is 8.60. The maximum Gasteiger partial charge on any atom is 0.338 e. The van der Waals surface area contributed by atoms with Gasteiger partial charge in [0, 0.05) is 18.1 Å². The van der Waals surface area contributed by atoms with E-state index in [-0.39, 0.29) is 11.9 Å². The fourth-order valence-corrected chi connectivity index (χ4v) is 5.12. The van der Waals surface area contributed by atoms with Crippen molar-refractivity contribution in [2.75, 3.05) is 24.4 Å². The van der Waals surface area contributed by atoms with Crippen molar-refractivity contribution in [2.45, 2.75) is 19.2 Å². The van der Waals surface area contributed by atoms with Crippen LogP contribution in [0.2, 0.25) is 0 Å². The third-order valence-electron chi connectivity index (χ3n) is 4.27. The maximum atomic E-state index is 12.5. The molecule has 0 saturated heterocycles. The second-order valence-electron chi connectivity index (χ2n) is 6.42. The van der Waals surface area contributed by atoms with Crippen LogP contribution in [-0.4, -0.2) is 40.8 Å². The van der Waals surface area contributed by atoms with Gasteiger partial charge in [-0.05, 0) is 36.9 Å². The second-order valence-corrected chi connectivity index (χ2v) is 9.40. The van der Waals surface area contributed by atoms with Crippen LogP contribution in [0.15, 0.2) is 53.5 Å². The van der Waals surface area contributed by atoms with E-state index < -0.39 is 0 Å². The Balaban J connectivity index is 1.82. The number of carbonyl (C=O) groups is 2. The minimum Gasteiger partial charge on any atom is -0.462 e. The molecule has 2 aromatic carbocycles. The summed E-state index contributed by atoms with van der Waals surface area (Å²) in [5.41, 5.74) is 2.68. The first-order chi connectivity index (χ1) is 14.6. The highest BCUT2D eigenvalue weighted by molar-refractivity contribution is 7.99. The van der Waals surface area contributed by atoms with E-state index in [0.29, 0.717) is 22.7 Å². The summed E-state index contributed by atoms with van der Waals surface area (Å²) in [7, 11) is 0. The molecular formula is C22H24N2O3S3. The average molecular weight is 461 g/mol. The third kappa shape index (κ3) is 6.00. The van der Waals surface area contributed by atoms with Gasteiger partial charge in [0.05, 0.1) is 28.1 Å². The molecule has 158 valence electrons. The van der Waals surface area contributed by atoms with Crippen molar-refractivity contribution in [2.24, 2.45) is 4.99 Å². The predicted molar refractivity (Wildman–Crippen MR) is 127 cm³/mol. The van der Waals surface area contributed by atoms with Crippen molar-refractivity contribution in [3.05, 3.63) is 64.5 Å². The number of esters is 1. The number of thiazole rings is 1. The van der Waals surface area contributed by atoms with Gasteiger partial charge in [0.25, 0.3) is 5.91 Å². The molecule has 0 unspecified atom stereocenters. The molecule has 0 radical (unpaired) electrons. The molecule has 0 aliphatic rings. The molecule has 0 bridgehead atoms. The average Bonchev–Trinajstić information content (AvgIpc) is 3.09. The van der Waals surface area contributed by atoms with Gasteiger partial charge >= 0.3 is 5.97 Å². The Morgan fingerprint density at radius 1 is 1.17 bits per heavy atom. The summed E-state index contributed by atoms with van der Waals surface area (Å²) in [6.07, 6.45) is 2.05.